The molecular weight excluding hydrogens is 209 g/mol. The van der Waals surface area contributed by atoms with Gasteiger partial charge in [0.15, 0.2) is 5.83 Å². The lowest BCUT2D eigenvalue weighted by Gasteiger charge is -2.26. The zero-order valence-electron chi connectivity index (χ0n) is 6.74. The summed E-state index contributed by atoms with van der Waals surface area (Å²) in [6.45, 7) is 0. The summed E-state index contributed by atoms with van der Waals surface area (Å²) < 4.78 is 64.1. The third-order valence-corrected chi connectivity index (χ3v) is 1.54. The van der Waals surface area contributed by atoms with Gasteiger partial charge in [-0.2, -0.15) is 0 Å². The molecule has 0 amide bonds. The van der Waals surface area contributed by atoms with Gasteiger partial charge in [0, 0.05) is 6.42 Å². The quantitative estimate of drug-likeness (QED) is 0.681. The number of halogens is 5. The second-order valence-electron chi connectivity index (χ2n) is 2.65. The van der Waals surface area contributed by atoms with Crippen LogP contribution in [0, 0.1) is 0 Å². The van der Waals surface area contributed by atoms with Crippen molar-refractivity contribution in [2.75, 3.05) is 0 Å². The molecule has 7 heteroatoms. The number of alkyl halides is 4. The third-order valence-electron chi connectivity index (χ3n) is 1.54. The summed E-state index contributed by atoms with van der Waals surface area (Å²) in [5.41, 5.74) is 4.20. The van der Waals surface area contributed by atoms with Gasteiger partial charge in [0.2, 0.25) is 0 Å². The fraction of sp³-hybridized carbons (Fsp3) is 0.429. The van der Waals surface area contributed by atoms with E-state index in [0.29, 0.717) is 0 Å². The number of allylic oxidation sites excluding steroid dienone is 1. The molecule has 0 radical (unpaired) electrons. The second-order valence-corrected chi connectivity index (χ2v) is 2.65. The van der Waals surface area contributed by atoms with E-state index in [9.17, 15) is 22.0 Å². The summed E-state index contributed by atoms with van der Waals surface area (Å²) in [4.78, 5) is 0. The highest BCUT2D eigenvalue weighted by Gasteiger charge is 2.48. The molecule has 0 fully saturated rings. The Bertz CT molecular complexity index is 295. The van der Waals surface area contributed by atoms with Crippen LogP contribution in [0.15, 0.2) is 23.7 Å². The third kappa shape index (κ3) is 2.22. The molecular formula is C7H6F5NO. The van der Waals surface area contributed by atoms with Gasteiger partial charge >= 0.3 is 6.36 Å². The molecule has 0 aromatic heterocycles. The molecule has 14 heavy (non-hydrogen) atoms. The van der Waals surface area contributed by atoms with Gasteiger partial charge in [0.1, 0.15) is 0 Å². The van der Waals surface area contributed by atoms with Crippen molar-refractivity contribution in [3.05, 3.63) is 23.7 Å². The van der Waals surface area contributed by atoms with Gasteiger partial charge in [0.05, 0.1) is 5.70 Å². The van der Waals surface area contributed by atoms with Crippen LogP contribution in [0.25, 0.3) is 0 Å². The predicted octanol–water partition coefficient (Wildman–Crippen LogP) is 2.29. The zero-order valence-corrected chi connectivity index (χ0v) is 6.74. The number of hydrogen-bond donors (Lipinski definition) is 1. The summed E-state index contributed by atoms with van der Waals surface area (Å²) in [7, 11) is 0. The van der Waals surface area contributed by atoms with Crippen LogP contribution in [0.5, 0.6) is 0 Å². The van der Waals surface area contributed by atoms with E-state index >= 15 is 0 Å². The van der Waals surface area contributed by atoms with Crippen LogP contribution in [-0.2, 0) is 4.74 Å². The van der Waals surface area contributed by atoms with Gasteiger partial charge in [-0.05, 0) is 6.08 Å². The fourth-order valence-electron chi connectivity index (χ4n) is 0.986. The largest absolute Gasteiger partial charge is 0.525 e. The molecule has 1 unspecified atom stereocenters. The van der Waals surface area contributed by atoms with E-state index in [1.807, 2.05) is 0 Å². The standard InChI is InChI=1S/C7H6F5NO/c8-5-4(13)2-1-3-6(5,9)14-7(10,11)12/h1-2H,3,13H2. The lowest BCUT2D eigenvalue weighted by molar-refractivity contribution is -0.386. The van der Waals surface area contributed by atoms with E-state index in [4.69, 9.17) is 5.73 Å². The lowest BCUT2D eigenvalue weighted by atomic mass is 10.1. The summed E-state index contributed by atoms with van der Waals surface area (Å²) in [6.07, 6.45) is -4.17. The van der Waals surface area contributed by atoms with Crippen LogP contribution in [0.2, 0.25) is 0 Å². The van der Waals surface area contributed by atoms with Crippen molar-refractivity contribution < 1.29 is 26.7 Å². The predicted molar refractivity (Wildman–Crippen MR) is 37.1 cm³/mol. The molecule has 0 saturated carbocycles. The van der Waals surface area contributed by atoms with Gasteiger partial charge in [-0.3, -0.25) is 0 Å². The highest BCUT2D eigenvalue weighted by atomic mass is 19.4. The molecule has 0 bridgehead atoms. The monoisotopic (exact) mass is 215 g/mol. The Hall–Kier alpha value is -1.11. The summed E-state index contributed by atoms with van der Waals surface area (Å²) in [6, 6.07) is 0. The Morgan fingerprint density at radius 2 is 2.00 bits per heavy atom. The minimum Gasteiger partial charge on any atom is -0.396 e. The van der Waals surface area contributed by atoms with Crippen LogP contribution >= 0.6 is 0 Å². The minimum absolute atomic E-state index is 0.706. The molecule has 0 aromatic carbocycles. The molecule has 80 valence electrons. The van der Waals surface area contributed by atoms with Crippen molar-refractivity contribution in [1.29, 1.82) is 0 Å². The molecule has 0 heterocycles. The molecule has 2 nitrogen and oxygen atoms in total. The van der Waals surface area contributed by atoms with E-state index < -0.39 is 30.2 Å². The first-order valence-electron chi connectivity index (χ1n) is 3.53. The Labute approximate surface area is 75.8 Å². The van der Waals surface area contributed by atoms with Gasteiger partial charge in [-0.1, -0.05) is 6.08 Å². The molecule has 0 saturated heterocycles. The van der Waals surface area contributed by atoms with Crippen molar-refractivity contribution in [3.8, 4) is 0 Å². The Balaban J connectivity index is 2.92. The maximum atomic E-state index is 13.2. The second kappa shape index (κ2) is 3.23. The van der Waals surface area contributed by atoms with Crippen molar-refractivity contribution in [2.45, 2.75) is 18.6 Å². The maximum absolute atomic E-state index is 13.2. The summed E-state index contributed by atoms with van der Waals surface area (Å²) >= 11 is 0. The van der Waals surface area contributed by atoms with E-state index in [-0.39, 0.29) is 0 Å². The molecule has 1 atom stereocenters. The highest BCUT2D eigenvalue weighted by molar-refractivity contribution is 5.28. The minimum atomic E-state index is -5.25. The smallest absolute Gasteiger partial charge is 0.396 e. The van der Waals surface area contributed by atoms with E-state index in [1.165, 1.54) is 0 Å². The first kappa shape index (κ1) is 11.0. The SMILES string of the molecule is NC1=C(F)C(F)(OC(F)(F)F)CC=C1. The van der Waals surface area contributed by atoms with Crippen molar-refractivity contribution in [3.63, 3.8) is 0 Å². The number of hydrogen-bond acceptors (Lipinski definition) is 2. The van der Waals surface area contributed by atoms with Crippen molar-refractivity contribution in [1.82, 2.24) is 0 Å². The number of rotatable bonds is 1. The van der Waals surface area contributed by atoms with E-state index in [1.54, 1.807) is 0 Å². The molecule has 0 aliphatic heterocycles. The van der Waals surface area contributed by atoms with Crippen LogP contribution in [0.3, 0.4) is 0 Å². The van der Waals surface area contributed by atoms with E-state index in [0.717, 1.165) is 12.2 Å². The Morgan fingerprint density at radius 3 is 2.50 bits per heavy atom. The normalized spacial score (nSPS) is 28.4. The highest BCUT2D eigenvalue weighted by Crippen LogP contribution is 2.38. The van der Waals surface area contributed by atoms with Crippen LogP contribution in [0.4, 0.5) is 22.0 Å². The molecule has 1 aliphatic carbocycles. The Kier molecular flexibility index (Phi) is 2.53. The number of nitrogens with two attached hydrogens (primary N) is 1. The fourth-order valence-corrected chi connectivity index (χ4v) is 0.986. The van der Waals surface area contributed by atoms with Crippen molar-refractivity contribution >= 4 is 0 Å². The topological polar surface area (TPSA) is 35.2 Å². The van der Waals surface area contributed by atoms with Gasteiger partial charge in [-0.25, -0.2) is 13.5 Å². The number of ether oxygens (including phenoxy) is 1. The average Bonchev–Trinajstić information content (AvgIpc) is 1.97. The summed E-state index contributed by atoms with van der Waals surface area (Å²) in [5, 5.41) is 0. The maximum Gasteiger partial charge on any atom is 0.525 e. The average molecular weight is 215 g/mol. The molecule has 1 aliphatic rings. The molecule has 2 N–H and O–H groups in total. The first-order valence-corrected chi connectivity index (χ1v) is 3.53. The zero-order chi connectivity index (χ0) is 11.0. The molecule has 0 aromatic rings. The summed E-state index contributed by atoms with van der Waals surface area (Å²) in [5.74, 6) is -5.28. The van der Waals surface area contributed by atoms with Gasteiger partial charge in [-0.15, -0.1) is 13.2 Å². The van der Waals surface area contributed by atoms with Gasteiger partial charge < -0.3 is 5.73 Å². The lowest BCUT2D eigenvalue weighted by Crippen LogP contribution is -2.37. The van der Waals surface area contributed by atoms with Crippen molar-refractivity contribution in [2.24, 2.45) is 5.73 Å². The van der Waals surface area contributed by atoms with Crippen LogP contribution < -0.4 is 5.73 Å². The first-order chi connectivity index (χ1) is 6.25. The van der Waals surface area contributed by atoms with Crippen LogP contribution in [-0.4, -0.2) is 12.2 Å². The van der Waals surface area contributed by atoms with Gasteiger partial charge in [0.25, 0.3) is 5.85 Å². The van der Waals surface area contributed by atoms with Crippen LogP contribution in [0.1, 0.15) is 6.42 Å². The Morgan fingerprint density at radius 1 is 1.43 bits per heavy atom. The van der Waals surface area contributed by atoms with E-state index in [2.05, 4.69) is 4.74 Å². The molecule has 1 rings (SSSR count). The molecule has 0 spiro atoms.